The number of carbonyl (C=O) groups excluding carboxylic acids is 3. The number of carboxylic acid groups (broad SMARTS) is 1. The van der Waals surface area contributed by atoms with Crippen LogP contribution in [0.3, 0.4) is 0 Å². The maximum absolute atomic E-state index is 13.0. The summed E-state index contributed by atoms with van der Waals surface area (Å²) in [7, 11) is 5.96. The molecule has 0 aromatic rings. The Morgan fingerprint density at radius 1 is 0.297 bits per heavy atom. The van der Waals surface area contributed by atoms with Crippen LogP contribution in [0.2, 0.25) is 0 Å². The van der Waals surface area contributed by atoms with Gasteiger partial charge in [0.1, 0.15) is 13.2 Å². The molecule has 0 bridgehead atoms. The Hall–Kier alpha value is -2.49. The Balaban J connectivity index is 3.89. The number of unbranched alkanes of at least 4 members (excludes halogenated alkanes) is 65. The monoisotopic (exact) mass is 1420 g/mol. The number of likely N-dealkylation sites (N-methyl/N-ethyl adjacent to an activating group) is 1. The number of rotatable bonds is 86. The van der Waals surface area contributed by atoms with Crippen molar-refractivity contribution >= 4 is 17.9 Å². The van der Waals surface area contributed by atoms with Gasteiger partial charge in [0.25, 0.3) is 0 Å². The molecule has 0 N–H and O–H groups in total. The van der Waals surface area contributed by atoms with Crippen LogP contribution in [-0.2, 0) is 33.3 Å². The van der Waals surface area contributed by atoms with Gasteiger partial charge in [-0.15, -0.1) is 0 Å². The molecule has 9 heteroatoms. The van der Waals surface area contributed by atoms with Gasteiger partial charge in [-0.05, 0) is 70.6 Å². The summed E-state index contributed by atoms with van der Waals surface area (Å²) in [6, 6.07) is 0. The zero-order valence-corrected chi connectivity index (χ0v) is 68.6. The topological polar surface area (TPSA) is 111 Å². The third-order valence-electron chi connectivity index (χ3n) is 20.9. The normalized spacial score (nSPS) is 12.7. The highest BCUT2D eigenvalue weighted by atomic mass is 16.7. The van der Waals surface area contributed by atoms with Crippen molar-refractivity contribution in [3.05, 3.63) is 36.5 Å². The van der Waals surface area contributed by atoms with Gasteiger partial charge in [0, 0.05) is 12.8 Å². The number of aliphatic carboxylic acids is 1. The van der Waals surface area contributed by atoms with Crippen molar-refractivity contribution in [1.82, 2.24) is 0 Å². The molecule has 0 saturated carbocycles. The third-order valence-corrected chi connectivity index (χ3v) is 20.9. The first kappa shape index (κ1) is 98.5. The summed E-state index contributed by atoms with van der Waals surface area (Å²) in [5, 5.41) is 11.9. The van der Waals surface area contributed by atoms with E-state index >= 15 is 0 Å². The highest BCUT2D eigenvalue weighted by Crippen LogP contribution is 2.21. The summed E-state index contributed by atoms with van der Waals surface area (Å²) < 4.78 is 22.9. The summed E-state index contributed by atoms with van der Waals surface area (Å²) in [6.07, 6.45) is 106. The fraction of sp³-hybridized carbons (Fsp3) is 0.902. The van der Waals surface area contributed by atoms with Gasteiger partial charge in [0.15, 0.2) is 12.4 Å². The third kappa shape index (κ3) is 84.6. The van der Waals surface area contributed by atoms with Gasteiger partial charge in [-0.2, -0.15) is 0 Å². The molecule has 2 unspecified atom stereocenters. The number of hydrogen-bond acceptors (Lipinski definition) is 8. The lowest BCUT2D eigenvalue weighted by Crippen LogP contribution is -2.44. The minimum atomic E-state index is -1.62. The SMILES string of the molecule is CCCCCCC/C=C\C/C=C\CCCCCCCCCCCCCCCCCCCCCCCCCCCC(=O)OC(COC(=O)CCCCCCCCCCCCCCCCCCCCCCCCCCCCC/C=C\CCCCCCCCCC)COC(OCC[N+](C)(C)C)C(=O)[O-]. The van der Waals surface area contributed by atoms with Gasteiger partial charge in [0.05, 0.1) is 40.3 Å². The average Bonchev–Trinajstić information content (AvgIpc) is 1.25. The molecule has 0 saturated heterocycles. The van der Waals surface area contributed by atoms with Gasteiger partial charge in [-0.3, -0.25) is 9.59 Å². The molecule has 0 heterocycles. The number of nitrogens with zero attached hydrogens (tertiary/aromatic N) is 1. The summed E-state index contributed by atoms with van der Waals surface area (Å²) in [5.74, 6) is -2.24. The predicted molar refractivity (Wildman–Crippen MR) is 436 cm³/mol. The highest BCUT2D eigenvalue weighted by molar-refractivity contribution is 5.70. The van der Waals surface area contributed by atoms with Crippen molar-refractivity contribution in [3.8, 4) is 0 Å². The van der Waals surface area contributed by atoms with Crippen LogP contribution in [0.1, 0.15) is 476 Å². The minimum absolute atomic E-state index is 0.152. The molecular formula is C92H175NO8. The molecule has 0 aliphatic carbocycles. The Bertz CT molecular complexity index is 1760. The molecule has 2 atom stereocenters. The second-order valence-corrected chi connectivity index (χ2v) is 32.2. The van der Waals surface area contributed by atoms with Crippen molar-refractivity contribution in [3.63, 3.8) is 0 Å². The van der Waals surface area contributed by atoms with Gasteiger partial charge < -0.3 is 33.3 Å². The van der Waals surface area contributed by atoms with E-state index < -0.39 is 24.3 Å². The van der Waals surface area contributed by atoms with E-state index in [9.17, 15) is 19.5 Å². The Morgan fingerprint density at radius 2 is 0.535 bits per heavy atom. The van der Waals surface area contributed by atoms with E-state index in [1.807, 2.05) is 21.1 Å². The van der Waals surface area contributed by atoms with Crippen LogP contribution in [0, 0.1) is 0 Å². The molecule has 0 aliphatic heterocycles. The first-order chi connectivity index (χ1) is 49.6. The minimum Gasteiger partial charge on any atom is -0.545 e. The highest BCUT2D eigenvalue weighted by Gasteiger charge is 2.22. The summed E-state index contributed by atoms with van der Waals surface area (Å²) in [4.78, 5) is 37.7. The van der Waals surface area contributed by atoms with Gasteiger partial charge in [-0.1, -0.05) is 429 Å². The van der Waals surface area contributed by atoms with E-state index in [1.165, 1.54) is 405 Å². The standard InChI is InChI=1S/C92H175NO8/c1-6-8-10-12-14-16-18-20-22-24-26-28-30-32-34-36-38-40-42-44-45-47-48-50-52-54-56-58-60-62-64-66-68-70-72-74-76-78-80-82-89(94)99-86-88(87-100-92(91(96)97)98-85-84-93(3,4)5)101-90(95)83-81-79-77-75-73-71-69-67-65-63-61-59-57-55-53-51-49-46-43-41-39-37-35-33-31-29-27-25-23-21-19-17-15-13-11-9-7-2/h19,21,24-27,88,92H,6-18,20,22-23,28-87H2,1-5H3/b21-19-,26-24-,27-25-. The largest absolute Gasteiger partial charge is 0.545 e. The van der Waals surface area contributed by atoms with Crippen LogP contribution in [-0.4, -0.2) is 82.3 Å². The van der Waals surface area contributed by atoms with Crippen molar-refractivity contribution < 1.29 is 42.9 Å². The summed E-state index contributed by atoms with van der Waals surface area (Å²) in [5.41, 5.74) is 0. The summed E-state index contributed by atoms with van der Waals surface area (Å²) in [6.45, 7) is 4.83. The van der Waals surface area contributed by atoms with E-state index in [-0.39, 0.29) is 32.2 Å². The lowest BCUT2D eigenvalue weighted by molar-refractivity contribution is -0.870. The molecule has 9 nitrogen and oxygen atoms in total. The molecule has 0 aliphatic rings. The number of ether oxygens (including phenoxy) is 4. The maximum atomic E-state index is 13.0. The Labute approximate surface area is 630 Å². The first-order valence-electron chi connectivity index (χ1n) is 45.1. The lowest BCUT2D eigenvalue weighted by atomic mass is 10.0. The zero-order chi connectivity index (χ0) is 73.2. The molecule has 0 aromatic heterocycles. The second-order valence-electron chi connectivity index (χ2n) is 32.2. The van der Waals surface area contributed by atoms with E-state index in [2.05, 4.69) is 50.3 Å². The molecule has 596 valence electrons. The van der Waals surface area contributed by atoms with Gasteiger partial charge in [-0.25, -0.2) is 0 Å². The molecular weight excluding hydrogens is 1250 g/mol. The van der Waals surface area contributed by atoms with Crippen LogP contribution in [0.4, 0.5) is 0 Å². The van der Waals surface area contributed by atoms with Crippen molar-refractivity contribution in [2.24, 2.45) is 0 Å². The van der Waals surface area contributed by atoms with Crippen molar-refractivity contribution in [2.45, 2.75) is 489 Å². The second kappa shape index (κ2) is 83.2. The molecule has 0 aromatic carbocycles. The van der Waals surface area contributed by atoms with Crippen molar-refractivity contribution in [1.29, 1.82) is 0 Å². The Morgan fingerprint density at radius 3 is 0.792 bits per heavy atom. The molecule has 0 rings (SSSR count). The van der Waals surface area contributed by atoms with E-state index in [1.54, 1.807) is 0 Å². The Kier molecular flexibility index (Phi) is 81.1. The number of esters is 2. The van der Waals surface area contributed by atoms with Gasteiger partial charge >= 0.3 is 11.9 Å². The fourth-order valence-electron chi connectivity index (χ4n) is 14.0. The quantitative estimate of drug-likeness (QED) is 0.0195. The van der Waals surface area contributed by atoms with Gasteiger partial charge in [0.2, 0.25) is 0 Å². The zero-order valence-electron chi connectivity index (χ0n) is 68.6. The lowest BCUT2D eigenvalue weighted by Gasteiger charge is -2.26. The maximum Gasteiger partial charge on any atom is 0.306 e. The predicted octanol–water partition coefficient (Wildman–Crippen LogP) is 28.1. The molecule has 0 radical (unpaired) electrons. The van der Waals surface area contributed by atoms with Crippen LogP contribution >= 0.6 is 0 Å². The number of quaternary nitrogens is 1. The van der Waals surface area contributed by atoms with Crippen molar-refractivity contribution in [2.75, 3.05) is 47.5 Å². The number of carbonyl (C=O) groups is 3. The molecule has 0 amide bonds. The average molecular weight is 1420 g/mol. The van der Waals surface area contributed by atoms with Crippen LogP contribution in [0.25, 0.3) is 0 Å². The number of carboxylic acids is 1. The number of hydrogen-bond donors (Lipinski definition) is 0. The van der Waals surface area contributed by atoms with Crippen LogP contribution in [0.15, 0.2) is 36.5 Å². The fourth-order valence-corrected chi connectivity index (χ4v) is 14.0. The summed E-state index contributed by atoms with van der Waals surface area (Å²) >= 11 is 0. The molecule has 0 fully saturated rings. The van der Waals surface area contributed by atoms with E-state index in [4.69, 9.17) is 18.9 Å². The number of allylic oxidation sites excluding steroid dienone is 6. The van der Waals surface area contributed by atoms with E-state index in [0.717, 1.165) is 44.9 Å². The molecule has 101 heavy (non-hydrogen) atoms. The first-order valence-corrected chi connectivity index (χ1v) is 45.1. The van der Waals surface area contributed by atoms with E-state index in [0.29, 0.717) is 17.4 Å². The van der Waals surface area contributed by atoms with Crippen LogP contribution in [0.5, 0.6) is 0 Å². The molecule has 0 spiro atoms. The smallest absolute Gasteiger partial charge is 0.306 e. The van der Waals surface area contributed by atoms with Crippen LogP contribution < -0.4 is 5.11 Å².